The third kappa shape index (κ3) is 1310. The molecule has 17 heavy (non-hydrogen) atoms. The maximum absolute atomic E-state index is 8.88. The summed E-state index contributed by atoms with van der Waals surface area (Å²) in [6, 6.07) is 0. The van der Waals surface area contributed by atoms with Crippen molar-refractivity contribution in [3.63, 3.8) is 0 Å². The van der Waals surface area contributed by atoms with Crippen LogP contribution < -0.4 is 44.2 Å². The summed E-state index contributed by atoms with van der Waals surface area (Å²) in [6.45, 7) is 0. The SMILES string of the molecule is O=P(O)(O)O.O=P(O)(O)O.O=P([O-])([O-])[O-].[Fe+2].[Na+]. The summed E-state index contributed by atoms with van der Waals surface area (Å²) in [5, 5.41) is 0. The van der Waals surface area contributed by atoms with E-state index < -0.39 is 23.5 Å². The molecule has 0 aliphatic heterocycles. The zero-order valence-corrected chi connectivity index (χ0v) is 13.6. The van der Waals surface area contributed by atoms with Gasteiger partial charge in [-0.3, -0.25) is 0 Å². The molecule has 0 unspecified atom stereocenters. The molecule has 0 rings (SSSR count). The zero-order valence-electron chi connectivity index (χ0n) is 7.83. The second-order valence-electron chi connectivity index (χ2n) is 1.47. The molecule has 0 bridgehead atoms. The van der Waals surface area contributed by atoms with Crippen LogP contribution in [0.5, 0.6) is 0 Å². The molecule has 0 heterocycles. The maximum atomic E-state index is 8.88. The second kappa shape index (κ2) is 12.9. The molecule has 6 N–H and O–H groups in total. The van der Waals surface area contributed by atoms with Crippen LogP contribution >= 0.6 is 23.5 Å². The first-order valence-electron chi connectivity index (χ1n) is 2.30. The van der Waals surface area contributed by atoms with Crippen molar-refractivity contribution >= 4 is 23.5 Å². The Labute approximate surface area is 127 Å². The van der Waals surface area contributed by atoms with Gasteiger partial charge in [0.2, 0.25) is 0 Å². The van der Waals surface area contributed by atoms with E-state index in [1.807, 2.05) is 0 Å². The Balaban J connectivity index is -0.0000000400. The van der Waals surface area contributed by atoms with Gasteiger partial charge in [0, 0.05) is 0 Å². The molecule has 0 aromatic heterocycles. The normalized spacial score (nSPS) is 10.4. The quantitative estimate of drug-likeness (QED) is 0.172. The van der Waals surface area contributed by atoms with Gasteiger partial charge in [-0.25, -0.2) is 9.13 Å². The molecular weight excluding hydrogens is 364 g/mol. The summed E-state index contributed by atoms with van der Waals surface area (Å²) in [6.07, 6.45) is 0. The van der Waals surface area contributed by atoms with Crippen molar-refractivity contribution in [3.8, 4) is 0 Å². The summed E-state index contributed by atoms with van der Waals surface area (Å²) >= 11 is 0. The van der Waals surface area contributed by atoms with E-state index >= 15 is 0 Å². The molecule has 0 atom stereocenters. The third-order valence-corrected chi connectivity index (χ3v) is 0. The molecular formula is H6FeNaO12P3. The molecule has 0 aliphatic rings. The van der Waals surface area contributed by atoms with Crippen molar-refractivity contribution in [2.45, 2.75) is 0 Å². The molecule has 0 spiro atoms. The summed E-state index contributed by atoms with van der Waals surface area (Å²) < 4.78 is 26.3. The van der Waals surface area contributed by atoms with Gasteiger partial charge < -0.3 is 48.6 Å². The van der Waals surface area contributed by atoms with Crippen LogP contribution in [0.25, 0.3) is 0 Å². The Hall–Kier alpha value is 1.85. The van der Waals surface area contributed by atoms with Crippen LogP contribution in [0.1, 0.15) is 0 Å². The van der Waals surface area contributed by atoms with Crippen LogP contribution in [0.3, 0.4) is 0 Å². The van der Waals surface area contributed by atoms with E-state index in [4.69, 9.17) is 57.7 Å². The molecule has 0 radical (unpaired) electrons. The molecule has 102 valence electrons. The Bertz CT molecular complexity index is 208. The largest absolute Gasteiger partial charge is 2.00 e. The van der Waals surface area contributed by atoms with E-state index in [9.17, 15) is 0 Å². The van der Waals surface area contributed by atoms with Gasteiger partial charge in [-0.15, -0.1) is 0 Å². The summed E-state index contributed by atoms with van der Waals surface area (Å²) in [5.41, 5.74) is 0. The van der Waals surface area contributed by atoms with Crippen LogP contribution in [0.4, 0.5) is 0 Å². The first-order valence-corrected chi connectivity index (χ1v) is 6.89. The van der Waals surface area contributed by atoms with Crippen molar-refractivity contribution in [3.05, 3.63) is 0 Å². The molecule has 0 aromatic carbocycles. The van der Waals surface area contributed by atoms with E-state index in [1.165, 1.54) is 0 Å². The molecule has 12 nitrogen and oxygen atoms in total. The van der Waals surface area contributed by atoms with Crippen LogP contribution in [-0.4, -0.2) is 29.4 Å². The summed E-state index contributed by atoms with van der Waals surface area (Å²) in [4.78, 5) is 68.8. The zero-order chi connectivity index (χ0) is 13.5. The van der Waals surface area contributed by atoms with Crippen molar-refractivity contribution in [1.82, 2.24) is 0 Å². The Morgan fingerprint density at radius 1 is 0.647 bits per heavy atom. The number of hydrogen-bond donors (Lipinski definition) is 6. The third-order valence-electron chi connectivity index (χ3n) is 0. The predicted molar refractivity (Wildman–Crippen MR) is 36.1 cm³/mol. The minimum Gasteiger partial charge on any atom is -0.822 e. The topological polar surface area (TPSA) is 242 Å². The number of hydrogen-bond acceptors (Lipinski definition) is 6. The Kier molecular flexibility index (Phi) is 23.7. The minimum atomic E-state index is -5.39. The second-order valence-corrected chi connectivity index (χ2v) is 4.42. The Morgan fingerprint density at radius 2 is 0.647 bits per heavy atom. The van der Waals surface area contributed by atoms with Gasteiger partial charge in [-0.1, -0.05) is 0 Å². The Morgan fingerprint density at radius 3 is 0.647 bits per heavy atom. The molecule has 0 amide bonds. The first-order chi connectivity index (χ1) is 6.00. The van der Waals surface area contributed by atoms with E-state index in [1.54, 1.807) is 0 Å². The molecule has 0 fully saturated rings. The average molecular weight is 370 g/mol. The average Bonchev–Trinajstić information content (AvgIpc) is 1.41. The first kappa shape index (κ1) is 31.3. The van der Waals surface area contributed by atoms with Crippen LogP contribution in [0.15, 0.2) is 0 Å². The van der Waals surface area contributed by atoms with E-state index in [-0.39, 0.29) is 46.6 Å². The van der Waals surface area contributed by atoms with Crippen molar-refractivity contribution in [2.75, 3.05) is 0 Å². The number of phosphoric acid groups is 3. The molecule has 0 aliphatic carbocycles. The fourth-order valence-corrected chi connectivity index (χ4v) is 0. The fourth-order valence-electron chi connectivity index (χ4n) is 0. The number of rotatable bonds is 0. The smallest absolute Gasteiger partial charge is 0.822 e. The maximum Gasteiger partial charge on any atom is 2.00 e. The van der Waals surface area contributed by atoms with E-state index in [2.05, 4.69) is 0 Å². The van der Waals surface area contributed by atoms with Gasteiger partial charge >= 0.3 is 62.3 Å². The summed E-state index contributed by atoms with van der Waals surface area (Å²) in [7, 11) is -14.7. The molecule has 17 heteroatoms. The monoisotopic (exact) mass is 370 g/mol. The van der Waals surface area contributed by atoms with E-state index in [0.29, 0.717) is 0 Å². The van der Waals surface area contributed by atoms with Gasteiger partial charge in [0.15, 0.2) is 0 Å². The van der Waals surface area contributed by atoms with E-state index in [0.717, 1.165) is 0 Å². The van der Waals surface area contributed by atoms with Crippen molar-refractivity contribution in [2.24, 2.45) is 0 Å². The predicted octanol–water partition coefficient (Wildman–Crippen LogP) is -7.68. The van der Waals surface area contributed by atoms with Crippen molar-refractivity contribution in [1.29, 1.82) is 0 Å². The van der Waals surface area contributed by atoms with Gasteiger partial charge in [-0.05, 0) is 0 Å². The van der Waals surface area contributed by atoms with Crippen LogP contribution in [-0.2, 0) is 30.8 Å². The fraction of sp³-hybridized carbons (Fsp3) is 0. The van der Waals surface area contributed by atoms with Gasteiger partial charge in [0.1, 0.15) is 0 Å². The van der Waals surface area contributed by atoms with Crippen LogP contribution in [0.2, 0.25) is 0 Å². The van der Waals surface area contributed by atoms with Gasteiger partial charge in [0.25, 0.3) is 0 Å². The van der Waals surface area contributed by atoms with Gasteiger partial charge in [0.05, 0.1) is 0 Å². The molecule has 0 saturated heterocycles. The molecule has 0 aromatic rings. The van der Waals surface area contributed by atoms with Crippen molar-refractivity contribution < 1.29 is 104 Å². The minimum absolute atomic E-state index is 0. The molecule has 0 saturated carbocycles. The van der Waals surface area contributed by atoms with Crippen LogP contribution in [0, 0.1) is 0 Å². The standard InChI is InChI=1S/Fe.Na.3H3O4P/c;;3*1-5(2,3)4/h;;3*(H3,1,2,3,4)/q+2;+1;;;/p-3. The summed E-state index contributed by atoms with van der Waals surface area (Å²) in [5.74, 6) is 0. The van der Waals surface area contributed by atoms with Gasteiger partial charge in [-0.2, -0.15) is 7.82 Å².